The summed E-state index contributed by atoms with van der Waals surface area (Å²) in [4.78, 5) is 2.30. The van der Waals surface area contributed by atoms with Crippen molar-refractivity contribution in [1.82, 2.24) is 4.90 Å². The van der Waals surface area contributed by atoms with Gasteiger partial charge in [0.2, 0.25) is 0 Å². The van der Waals surface area contributed by atoms with E-state index in [0.717, 1.165) is 31.4 Å². The van der Waals surface area contributed by atoms with E-state index in [1.807, 2.05) is 0 Å². The van der Waals surface area contributed by atoms with Crippen LogP contribution in [0.4, 0.5) is 0 Å². The van der Waals surface area contributed by atoms with Gasteiger partial charge < -0.3 is 9.64 Å². The van der Waals surface area contributed by atoms with Crippen molar-refractivity contribution in [3.63, 3.8) is 0 Å². The van der Waals surface area contributed by atoms with Crippen LogP contribution in [0, 0.1) is 5.92 Å². The van der Waals surface area contributed by atoms with Gasteiger partial charge in [0.25, 0.3) is 0 Å². The Balaban J connectivity index is 3.44. The summed E-state index contributed by atoms with van der Waals surface area (Å²) in [6.07, 6.45) is 1.21. The smallest absolute Gasteiger partial charge is 0.0589 e. The van der Waals surface area contributed by atoms with Gasteiger partial charge in [0, 0.05) is 20.2 Å². The van der Waals surface area contributed by atoms with Crippen LogP contribution in [0.2, 0.25) is 0 Å². The molecule has 74 valence electrons. The molecule has 0 heterocycles. The lowest BCUT2D eigenvalue weighted by atomic mass is 10.1. The summed E-state index contributed by atoms with van der Waals surface area (Å²) < 4.78 is 5.00. The maximum absolute atomic E-state index is 5.00. The molecule has 0 aliphatic heterocycles. The van der Waals surface area contributed by atoms with Crippen LogP contribution in [0.25, 0.3) is 0 Å². The molecule has 0 aliphatic rings. The topological polar surface area (TPSA) is 12.5 Å². The van der Waals surface area contributed by atoms with Gasteiger partial charge in [-0.2, -0.15) is 12.6 Å². The van der Waals surface area contributed by atoms with E-state index in [-0.39, 0.29) is 0 Å². The van der Waals surface area contributed by atoms with E-state index >= 15 is 0 Å². The summed E-state index contributed by atoms with van der Waals surface area (Å²) in [5, 5.41) is 0. The third kappa shape index (κ3) is 5.86. The second-order valence-corrected chi connectivity index (χ2v) is 3.58. The quantitative estimate of drug-likeness (QED) is 0.613. The first-order valence-corrected chi connectivity index (χ1v) is 5.16. The molecule has 2 nitrogen and oxygen atoms in total. The lowest BCUT2D eigenvalue weighted by Crippen LogP contribution is -2.29. The molecule has 3 heteroatoms. The average molecular weight is 191 g/mol. The molecule has 0 saturated carbocycles. The summed E-state index contributed by atoms with van der Waals surface area (Å²) in [7, 11) is 3.87. The molecule has 0 radical (unpaired) electrons. The van der Waals surface area contributed by atoms with E-state index in [0.29, 0.717) is 0 Å². The predicted octanol–water partition coefficient (Wildman–Crippen LogP) is 1.52. The molecule has 0 aromatic carbocycles. The van der Waals surface area contributed by atoms with Gasteiger partial charge in [-0.1, -0.05) is 13.3 Å². The molecule has 0 aromatic rings. The number of likely N-dealkylation sites (N-methyl/N-ethyl adjacent to an activating group) is 1. The van der Waals surface area contributed by atoms with E-state index in [9.17, 15) is 0 Å². The highest BCUT2D eigenvalue weighted by Crippen LogP contribution is 2.05. The number of rotatable bonds is 7. The third-order valence-corrected chi connectivity index (χ3v) is 2.60. The first-order chi connectivity index (χ1) is 5.74. The van der Waals surface area contributed by atoms with E-state index in [1.165, 1.54) is 6.42 Å². The summed E-state index contributed by atoms with van der Waals surface area (Å²) in [6.45, 7) is 5.18. The van der Waals surface area contributed by atoms with E-state index in [4.69, 9.17) is 4.74 Å². The second-order valence-electron chi connectivity index (χ2n) is 3.21. The standard InChI is InChI=1S/C9H21NOS/c1-4-9(8-12)7-10(2)5-6-11-3/h9,12H,4-8H2,1-3H3. The molecule has 0 aliphatic carbocycles. The molecule has 0 amide bonds. The van der Waals surface area contributed by atoms with Gasteiger partial charge >= 0.3 is 0 Å². The fourth-order valence-electron chi connectivity index (χ4n) is 1.10. The maximum Gasteiger partial charge on any atom is 0.0589 e. The van der Waals surface area contributed by atoms with Crippen molar-refractivity contribution < 1.29 is 4.74 Å². The largest absolute Gasteiger partial charge is 0.383 e. The van der Waals surface area contributed by atoms with Crippen molar-refractivity contribution in [3.05, 3.63) is 0 Å². The lowest BCUT2D eigenvalue weighted by Gasteiger charge is -2.21. The number of hydrogen-bond donors (Lipinski definition) is 1. The van der Waals surface area contributed by atoms with Crippen LogP contribution in [-0.2, 0) is 4.74 Å². The zero-order valence-electron chi connectivity index (χ0n) is 8.42. The van der Waals surface area contributed by atoms with Gasteiger partial charge in [-0.25, -0.2) is 0 Å². The molecule has 0 aromatic heterocycles. The molecule has 0 fully saturated rings. The van der Waals surface area contributed by atoms with Crippen molar-refractivity contribution in [2.24, 2.45) is 5.92 Å². The second kappa shape index (κ2) is 7.90. The first kappa shape index (κ1) is 12.3. The highest BCUT2D eigenvalue weighted by Gasteiger charge is 2.06. The molecule has 0 spiro atoms. The molecule has 1 unspecified atom stereocenters. The van der Waals surface area contributed by atoms with E-state index in [2.05, 4.69) is 31.5 Å². The minimum absolute atomic E-state index is 0.718. The summed E-state index contributed by atoms with van der Waals surface area (Å²) in [5.74, 6) is 1.70. The number of nitrogens with zero attached hydrogens (tertiary/aromatic N) is 1. The number of thiol groups is 1. The van der Waals surface area contributed by atoms with Gasteiger partial charge in [0.1, 0.15) is 0 Å². The number of methoxy groups -OCH3 is 1. The SMILES string of the molecule is CCC(CS)CN(C)CCOC. The highest BCUT2D eigenvalue weighted by molar-refractivity contribution is 7.80. The number of ether oxygens (including phenoxy) is 1. The van der Waals surface area contributed by atoms with Crippen LogP contribution in [0.1, 0.15) is 13.3 Å². The minimum atomic E-state index is 0.718. The van der Waals surface area contributed by atoms with E-state index < -0.39 is 0 Å². The molecule has 0 bridgehead atoms. The Labute approximate surface area is 81.7 Å². The van der Waals surface area contributed by atoms with Crippen LogP contribution < -0.4 is 0 Å². The highest BCUT2D eigenvalue weighted by atomic mass is 32.1. The van der Waals surface area contributed by atoms with Gasteiger partial charge in [-0.3, -0.25) is 0 Å². The Morgan fingerprint density at radius 2 is 2.17 bits per heavy atom. The Morgan fingerprint density at radius 1 is 1.50 bits per heavy atom. The Bertz CT molecular complexity index is 96.5. The van der Waals surface area contributed by atoms with Crippen molar-refractivity contribution >= 4 is 12.6 Å². The summed E-state index contributed by atoms with van der Waals surface area (Å²) in [5.41, 5.74) is 0. The zero-order chi connectivity index (χ0) is 9.40. The average Bonchev–Trinajstić information content (AvgIpc) is 2.10. The van der Waals surface area contributed by atoms with Crippen LogP contribution >= 0.6 is 12.6 Å². The van der Waals surface area contributed by atoms with Crippen LogP contribution in [0.5, 0.6) is 0 Å². The van der Waals surface area contributed by atoms with Crippen LogP contribution in [0.15, 0.2) is 0 Å². The Morgan fingerprint density at radius 3 is 2.58 bits per heavy atom. The van der Waals surface area contributed by atoms with Crippen molar-refractivity contribution in [3.8, 4) is 0 Å². The predicted molar refractivity (Wildman–Crippen MR) is 57.0 cm³/mol. The maximum atomic E-state index is 5.00. The van der Waals surface area contributed by atoms with Gasteiger partial charge in [0.15, 0.2) is 0 Å². The lowest BCUT2D eigenvalue weighted by molar-refractivity contribution is 0.154. The monoisotopic (exact) mass is 191 g/mol. The molecule has 0 N–H and O–H groups in total. The van der Waals surface area contributed by atoms with E-state index in [1.54, 1.807) is 7.11 Å². The third-order valence-electron chi connectivity index (χ3n) is 2.08. The molecule has 0 rings (SSSR count). The summed E-state index contributed by atoms with van der Waals surface area (Å²) in [6, 6.07) is 0. The molecular formula is C9H21NOS. The normalized spacial score (nSPS) is 13.8. The molecule has 12 heavy (non-hydrogen) atoms. The van der Waals surface area contributed by atoms with Gasteiger partial charge in [-0.05, 0) is 18.7 Å². The van der Waals surface area contributed by atoms with Crippen molar-refractivity contribution in [2.45, 2.75) is 13.3 Å². The van der Waals surface area contributed by atoms with Crippen LogP contribution in [0.3, 0.4) is 0 Å². The Hall–Kier alpha value is 0.270. The molecular weight excluding hydrogens is 170 g/mol. The van der Waals surface area contributed by atoms with Crippen molar-refractivity contribution in [1.29, 1.82) is 0 Å². The first-order valence-electron chi connectivity index (χ1n) is 4.52. The minimum Gasteiger partial charge on any atom is -0.383 e. The van der Waals surface area contributed by atoms with Crippen LogP contribution in [-0.4, -0.2) is 44.5 Å². The molecule has 0 saturated heterocycles. The van der Waals surface area contributed by atoms with Crippen molar-refractivity contribution in [2.75, 3.05) is 39.6 Å². The van der Waals surface area contributed by atoms with Gasteiger partial charge in [-0.15, -0.1) is 0 Å². The Kier molecular flexibility index (Phi) is 8.07. The fourth-order valence-corrected chi connectivity index (χ4v) is 1.47. The zero-order valence-corrected chi connectivity index (χ0v) is 9.31. The van der Waals surface area contributed by atoms with Gasteiger partial charge in [0.05, 0.1) is 6.61 Å². The fraction of sp³-hybridized carbons (Fsp3) is 1.00. The molecule has 1 atom stereocenters. The summed E-state index contributed by atoms with van der Waals surface area (Å²) >= 11 is 4.30. The number of hydrogen-bond acceptors (Lipinski definition) is 3.